The molecule has 1 heterocycles. The first-order valence-electron chi connectivity index (χ1n) is 5.53. The number of nitrogens with two attached hydrogens (primary N) is 1. The lowest BCUT2D eigenvalue weighted by molar-refractivity contribution is -0.190. The Kier molecular flexibility index (Phi) is 3.32. The summed E-state index contributed by atoms with van der Waals surface area (Å²) in [5.74, 6) is -0.465. The molecule has 0 aliphatic heterocycles. The normalized spacial score (nSPS) is 15.2. The van der Waals surface area contributed by atoms with Gasteiger partial charge in [0.25, 0.3) is 5.89 Å². The molecule has 0 aliphatic rings. The van der Waals surface area contributed by atoms with Crippen LogP contribution in [-0.4, -0.2) is 16.3 Å². The van der Waals surface area contributed by atoms with Crippen molar-refractivity contribution in [1.82, 2.24) is 10.1 Å². The average Bonchev–Trinajstić information content (AvgIpc) is 2.78. The Labute approximate surface area is 107 Å². The maximum Gasteiger partial charge on any atom is 0.415 e. The maximum atomic E-state index is 12.7. The highest BCUT2D eigenvalue weighted by molar-refractivity contribution is 5.18. The molecule has 0 bridgehead atoms. The van der Waals surface area contributed by atoms with Gasteiger partial charge in [-0.2, -0.15) is 18.2 Å². The van der Waals surface area contributed by atoms with Gasteiger partial charge in [-0.05, 0) is 12.5 Å². The minimum absolute atomic E-state index is 0.169. The highest BCUT2D eigenvalue weighted by Crippen LogP contribution is 2.35. The fourth-order valence-corrected chi connectivity index (χ4v) is 1.44. The van der Waals surface area contributed by atoms with Crippen LogP contribution in [0.15, 0.2) is 34.9 Å². The largest absolute Gasteiger partial charge is 0.415 e. The fraction of sp³-hybridized carbons (Fsp3) is 0.333. The first-order valence-corrected chi connectivity index (χ1v) is 5.53. The van der Waals surface area contributed by atoms with E-state index >= 15 is 0 Å². The zero-order valence-corrected chi connectivity index (χ0v) is 10.1. The molecule has 2 N–H and O–H groups in total. The highest BCUT2D eigenvalue weighted by Gasteiger charge is 2.53. The maximum absolute atomic E-state index is 12.7. The van der Waals surface area contributed by atoms with Gasteiger partial charge in [0.15, 0.2) is 11.4 Å². The SMILES string of the molecule is CC(N)(c1nc(Cc2ccccc2)no1)C(F)(F)F. The summed E-state index contributed by atoms with van der Waals surface area (Å²) in [5, 5.41) is 3.53. The number of nitrogens with zero attached hydrogens (tertiary/aromatic N) is 2. The summed E-state index contributed by atoms with van der Waals surface area (Å²) in [6, 6.07) is 9.12. The minimum atomic E-state index is -4.65. The van der Waals surface area contributed by atoms with Crippen LogP contribution in [0.4, 0.5) is 13.2 Å². The van der Waals surface area contributed by atoms with Gasteiger partial charge in [0.2, 0.25) is 0 Å². The fourth-order valence-electron chi connectivity index (χ4n) is 1.44. The van der Waals surface area contributed by atoms with Gasteiger partial charge in [-0.25, -0.2) is 0 Å². The third kappa shape index (κ3) is 2.76. The van der Waals surface area contributed by atoms with Gasteiger partial charge >= 0.3 is 6.18 Å². The van der Waals surface area contributed by atoms with Crippen molar-refractivity contribution in [3.8, 4) is 0 Å². The van der Waals surface area contributed by atoms with Crippen LogP contribution < -0.4 is 5.73 Å². The summed E-state index contributed by atoms with van der Waals surface area (Å²) in [6.45, 7) is 0.798. The van der Waals surface area contributed by atoms with E-state index in [2.05, 4.69) is 14.7 Å². The molecule has 1 unspecified atom stereocenters. The summed E-state index contributed by atoms with van der Waals surface area (Å²) < 4.78 is 42.7. The molecular formula is C12H12F3N3O. The van der Waals surface area contributed by atoms with Crippen molar-refractivity contribution in [2.75, 3.05) is 0 Å². The molecule has 0 saturated carbocycles. The second-order valence-electron chi connectivity index (χ2n) is 4.38. The molecule has 102 valence electrons. The average molecular weight is 271 g/mol. The van der Waals surface area contributed by atoms with Gasteiger partial charge in [0.1, 0.15) is 0 Å². The quantitative estimate of drug-likeness (QED) is 0.931. The summed E-state index contributed by atoms with van der Waals surface area (Å²) in [5.41, 5.74) is 3.43. The third-order valence-electron chi connectivity index (χ3n) is 2.71. The molecule has 19 heavy (non-hydrogen) atoms. The lowest BCUT2D eigenvalue weighted by Crippen LogP contribution is -2.48. The molecule has 4 nitrogen and oxygen atoms in total. The van der Waals surface area contributed by atoms with E-state index in [1.54, 1.807) is 0 Å². The second kappa shape index (κ2) is 4.65. The lowest BCUT2D eigenvalue weighted by Gasteiger charge is -2.22. The molecule has 0 radical (unpaired) electrons. The molecule has 0 fully saturated rings. The number of rotatable bonds is 3. The van der Waals surface area contributed by atoms with E-state index in [0.29, 0.717) is 0 Å². The van der Waals surface area contributed by atoms with E-state index in [0.717, 1.165) is 12.5 Å². The van der Waals surface area contributed by atoms with Crippen molar-refractivity contribution >= 4 is 0 Å². The molecule has 7 heteroatoms. The van der Waals surface area contributed by atoms with Crippen molar-refractivity contribution < 1.29 is 17.7 Å². The van der Waals surface area contributed by atoms with Crippen LogP contribution in [0.2, 0.25) is 0 Å². The van der Waals surface area contributed by atoms with E-state index in [1.807, 2.05) is 30.3 Å². The van der Waals surface area contributed by atoms with E-state index in [1.165, 1.54) is 0 Å². The van der Waals surface area contributed by atoms with Crippen LogP contribution in [0.1, 0.15) is 24.2 Å². The van der Waals surface area contributed by atoms with E-state index in [-0.39, 0.29) is 12.2 Å². The molecule has 2 rings (SSSR count). The van der Waals surface area contributed by atoms with E-state index in [4.69, 9.17) is 5.73 Å². The van der Waals surface area contributed by atoms with Crippen LogP contribution >= 0.6 is 0 Å². The zero-order valence-electron chi connectivity index (χ0n) is 10.1. The van der Waals surface area contributed by atoms with Gasteiger partial charge in [-0.15, -0.1) is 0 Å². The molecule has 1 atom stereocenters. The Bertz CT molecular complexity index is 549. The molecular weight excluding hydrogens is 259 g/mol. The van der Waals surface area contributed by atoms with Gasteiger partial charge in [-0.3, -0.25) is 0 Å². The molecule has 1 aromatic carbocycles. The summed E-state index contributed by atoms with van der Waals surface area (Å²) in [6.07, 6.45) is -4.36. The first-order chi connectivity index (χ1) is 8.80. The Hall–Kier alpha value is -1.89. The Balaban J connectivity index is 2.20. The molecule has 1 aromatic heterocycles. The van der Waals surface area contributed by atoms with Crippen LogP contribution in [0.5, 0.6) is 0 Å². The van der Waals surface area contributed by atoms with Crippen molar-refractivity contribution in [3.63, 3.8) is 0 Å². The number of hydrogen-bond acceptors (Lipinski definition) is 4. The van der Waals surface area contributed by atoms with E-state index < -0.39 is 17.6 Å². The predicted molar refractivity (Wildman–Crippen MR) is 61.1 cm³/mol. The minimum Gasteiger partial charge on any atom is -0.337 e. The number of hydrogen-bond donors (Lipinski definition) is 1. The van der Waals surface area contributed by atoms with Gasteiger partial charge in [0.05, 0.1) is 0 Å². The van der Waals surface area contributed by atoms with Crippen LogP contribution in [0.25, 0.3) is 0 Å². The standard InChI is InChI=1S/C12H12F3N3O/c1-11(16,12(13,14)15)10-17-9(18-19-10)7-8-5-3-2-4-6-8/h2-6H,7,16H2,1H3. The Morgan fingerprint density at radius 3 is 2.42 bits per heavy atom. The molecule has 0 saturated heterocycles. The second-order valence-corrected chi connectivity index (χ2v) is 4.38. The lowest BCUT2D eigenvalue weighted by atomic mass is 10.0. The summed E-state index contributed by atoms with van der Waals surface area (Å²) in [4.78, 5) is 3.72. The predicted octanol–water partition coefficient (Wildman–Crippen LogP) is 2.40. The molecule has 0 amide bonds. The van der Waals surface area contributed by atoms with Gasteiger partial charge < -0.3 is 10.3 Å². The van der Waals surface area contributed by atoms with Gasteiger partial charge in [0, 0.05) is 6.42 Å². The first kappa shape index (κ1) is 13.5. The van der Waals surface area contributed by atoms with Gasteiger partial charge in [-0.1, -0.05) is 35.5 Å². The number of alkyl halides is 3. The molecule has 2 aromatic rings. The van der Waals surface area contributed by atoms with E-state index in [9.17, 15) is 13.2 Å². The third-order valence-corrected chi connectivity index (χ3v) is 2.71. The summed E-state index contributed by atoms with van der Waals surface area (Å²) >= 11 is 0. The molecule has 0 spiro atoms. The van der Waals surface area contributed by atoms with Crippen molar-refractivity contribution in [1.29, 1.82) is 0 Å². The van der Waals surface area contributed by atoms with Crippen LogP contribution in [0.3, 0.4) is 0 Å². The number of halogens is 3. The highest BCUT2D eigenvalue weighted by atomic mass is 19.4. The monoisotopic (exact) mass is 271 g/mol. The Morgan fingerprint density at radius 1 is 1.21 bits per heavy atom. The summed E-state index contributed by atoms with van der Waals surface area (Å²) in [7, 11) is 0. The number of benzene rings is 1. The molecule has 0 aliphatic carbocycles. The van der Waals surface area contributed by atoms with Crippen molar-refractivity contribution in [2.45, 2.75) is 25.1 Å². The van der Waals surface area contributed by atoms with Crippen LogP contribution in [-0.2, 0) is 12.0 Å². The topological polar surface area (TPSA) is 64.9 Å². The Morgan fingerprint density at radius 2 is 1.84 bits per heavy atom. The number of aromatic nitrogens is 2. The van der Waals surface area contributed by atoms with Crippen LogP contribution in [0, 0.1) is 0 Å². The zero-order chi connectivity index (χ0) is 14.1. The van der Waals surface area contributed by atoms with Crippen molar-refractivity contribution in [3.05, 3.63) is 47.6 Å². The van der Waals surface area contributed by atoms with Crippen molar-refractivity contribution in [2.24, 2.45) is 5.73 Å². The smallest absolute Gasteiger partial charge is 0.337 e.